The van der Waals surface area contributed by atoms with E-state index in [1.165, 1.54) is 0 Å². The number of likely N-dealkylation sites (N-methyl/N-ethyl adjacent to an activating group) is 1. The van der Waals surface area contributed by atoms with Crippen molar-refractivity contribution in [3.05, 3.63) is 35.9 Å². The minimum atomic E-state index is -0.217. The number of rotatable bonds is 5. The molecule has 1 heterocycles. The lowest BCUT2D eigenvalue weighted by molar-refractivity contribution is -0.130. The van der Waals surface area contributed by atoms with Crippen molar-refractivity contribution in [1.29, 1.82) is 0 Å². The van der Waals surface area contributed by atoms with Crippen LogP contribution in [0.3, 0.4) is 0 Å². The van der Waals surface area contributed by atoms with Gasteiger partial charge in [0.25, 0.3) is 5.91 Å². The Morgan fingerprint density at radius 2 is 2.00 bits per heavy atom. The van der Waals surface area contributed by atoms with Crippen molar-refractivity contribution in [3.63, 3.8) is 0 Å². The molecule has 5 heteroatoms. The summed E-state index contributed by atoms with van der Waals surface area (Å²) >= 11 is 0. The van der Waals surface area contributed by atoms with Gasteiger partial charge in [0.15, 0.2) is 0 Å². The molecule has 0 spiro atoms. The van der Waals surface area contributed by atoms with E-state index in [2.05, 4.69) is 10.7 Å². The Hall–Kier alpha value is -1.43. The molecular weight excluding hydrogens is 242 g/mol. The average molecular weight is 263 g/mol. The molecule has 1 aromatic rings. The van der Waals surface area contributed by atoms with E-state index in [1.807, 2.05) is 42.4 Å². The molecule has 0 aliphatic carbocycles. The lowest BCUT2D eigenvalue weighted by atomic mass is 10.1. The first-order chi connectivity index (χ1) is 9.29. The van der Waals surface area contributed by atoms with E-state index in [0.717, 1.165) is 18.7 Å². The summed E-state index contributed by atoms with van der Waals surface area (Å²) < 4.78 is 5.26. The van der Waals surface area contributed by atoms with E-state index in [9.17, 15) is 4.79 Å². The molecule has 0 bridgehead atoms. The molecule has 1 unspecified atom stereocenters. The maximum atomic E-state index is 12.2. The normalized spacial score (nSPS) is 17.9. The van der Waals surface area contributed by atoms with Crippen LogP contribution in [0.15, 0.2) is 30.3 Å². The van der Waals surface area contributed by atoms with E-state index in [1.54, 1.807) is 0 Å². The van der Waals surface area contributed by atoms with Gasteiger partial charge in [-0.25, -0.2) is 5.01 Å². The van der Waals surface area contributed by atoms with E-state index < -0.39 is 0 Å². The number of carbonyl (C=O) groups is 1. The third-order valence-electron chi connectivity index (χ3n) is 3.23. The Labute approximate surface area is 113 Å². The minimum absolute atomic E-state index is 0.00764. The molecule has 1 fully saturated rings. The zero-order valence-corrected chi connectivity index (χ0v) is 11.3. The third kappa shape index (κ3) is 4.31. The van der Waals surface area contributed by atoms with Crippen LogP contribution < -0.4 is 10.7 Å². The molecule has 2 rings (SSSR count). The van der Waals surface area contributed by atoms with E-state index in [-0.39, 0.29) is 11.9 Å². The molecule has 19 heavy (non-hydrogen) atoms. The molecule has 0 saturated carbocycles. The number of carbonyl (C=O) groups excluding carboxylic acids is 1. The molecule has 1 aliphatic rings. The average Bonchev–Trinajstić information content (AvgIpc) is 2.47. The molecule has 1 atom stereocenters. The van der Waals surface area contributed by atoms with Gasteiger partial charge in [0.05, 0.1) is 19.3 Å². The highest BCUT2D eigenvalue weighted by molar-refractivity contribution is 5.81. The van der Waals surface area contributed by atoms with Crippen LogP contribution in [0.25, 0.3) is 0 Å². The van der Waals surface area contributed by atoms with Crippen LogP contribution in [0.1, 0.15) is 5.56 Å². The van der Waals surface area contributed by atoms with Crippen LogP contribution in [-0.4, -0.2) is 50.3 Å². The van der Waals surface area contributed by atoms with Crippen LogP contribution in [0.4, 0.5) is 0 Å². The third-order valence-corrected chi connectivity index (χ3v) is 3.23. The minimum Gasteiger partial charge on any atom is -0.379 e. The predicted octanol–water partition coefficient (Wildman–Crippen LogP) is 0.181. The highest BCUT2D eigenvalue weighted by atomic mass is 16.5. The van der Waals surface area contributed by atoms with Gasteiger partial charge < -0.3 is 10.1 Å². The summed E-state index contributed by atoms with van der Waals surface area (Å²) in [6.45, 7) is 2.83. The van der Waals surface area contributed by atoms with Crippen LogP contribution in [0, 0.1) is 0 Å². The second-order valence-corrected chi connectivity index (χ2v) is 4.61. The predicted molar refractivity (Wildman–Crippen MR) is 73.5 cm³/mol. The second-order valence-electron chi connectivity index (χ2n) is 4.61. The molecule has 1 aromatic carbocycles. The Balaban J connectivity index is 1.87. The molecule has 0 aromatic heterocycles. The topological polar surface area (TPSA) is 53.6 Å². The van der Waals surface area contributed by atoms with Gasteiger partial charge in [-0.3, -0.25) is 10.2 Å². The Morgan fingerprint density at radius 3 is 2.63 bits per heavy atom. The fraction of sp³-hybridized carbons (Fsp3) is 0.500. The van der Waals surface area contributed by atoms with Crippen molar-refractivity contribution in [2.75, 3.05) is 33.4 Å². The molecule has 1 aliphatic heterocycles. The number of ether oxygens (including phenoxy) is 1. The highest BCUT2D eigenvalue weighted by Gasteiger charge is 2.20. The summed E-state index contributed by atoms with van der Waals surface area (Å²) in [6.07, 6.45) is 0.688. The van der Waals surface area contributed by atoms with Crippen molar-refractivity contribution in [2.24, 2.45) is 0 Å². The Morgan fingerprint density at radius 1 is 1.32 bits per heavy atom. The zero-order chi connectivity index (χ0) is 13.5. The van der Waals surface area contributed by atoms with Gasteiger partial charge in [-0.2, -0.15) is 0 Å². The second kappa shape index (κ2) is 7.23. The number of hydrogen-bond donors (Lipinski definition) is 2. The van der Waals surface area contributed by atoms with Gasteiger partial charge in [-0.05, 0) is 19.0 Å². The summed E-state index contributed by atoms with van der Waals surface area (Å²) in [5, 5.41) is 4.99. The monoisotopic (exact) mass is 263 g/mol. The van der Waals surface area contributed by atoms with Crippen LogP contribution in [0.5, 0.6) is 0 Å². The Bertz CT molecular complexity index is 391. The van der Waals surface area contributed by atoms with E-state index in [0.29, 0.717) is 19.6 Å². The van der Waals surface area contributed by atoms with Gasteiger partial charge in [-0.1, -0.05) is 30.3 Å². The first-order valence-corrected chi connectivity index (χ1v) is 6.64. The zero-order valence-electron chi connectivity index (χ0n) is 11.3. The molecule has 104 valence electrons. The van der Waals surface area contributed by atoms with Crippen molar-refractivity contribution in [2.45, 2.75) is 12.5 Å². The number of hydrazine groups is 1. The summed E-state index contributed by atoms with van der Waals surface area (Å²) in [7, 11) is 1.81. The Kier molecular flexibility index (Phi) is 5.32. The van der Waals surface area contributed by atoms with Crippen LogP contribution in [-0.2, 0) is 16.0 Å². The number of morpholine rings is 1. The highest BCUT2D eigenvalue weighted by Crippen LogP contribution is 2.03. The summed E-state index contributed by atoms with van der Waals surface area (Å²) in [5.41, 5.74) is 4.09. The number of benzene rings is 1. The molecule has 2 N–H and O–H groups in total. The van der Waals surface area contributed by atoms with Crippen LogP contribution >= 0.6 is 0 Å². The first-order valence-electron chi connectivity index (χ1n) is 6.64. The van der Waals surface area contributed by atoms with E-state index >= 15 is 0 Å². The molecule has 0 radical (unpaired) electrons. The van der Waals surface area contributed by atoms with Crippen LogP contribution in [0.2, 0.25) is 0 Å². The number of nitrogens with one attached hydrogen (secondary N) is 2. The lowest BCUT2D eigenvalue weighted by Crippen LogP contribution is -2.54. The van der Waals surface area contributed by atoms with Crippen molar-refractivity contribution in [3.8, 4) is 0 Å². The van der Waals surface area contributed by atoms with Gasteiger partial charge in [0, 0.05) is 13.1 Å². The first kappa shape index (κ1) is 14.0. The quantitative estimate of drug-likeness (QED) is 0.796. The number of hydrogen-bond acceptors (Lipinski definition) is 4. The number of amides is 1. The fourth-order valence-electron chi connectivity index (χ4n) is 2.08. The SMILES string of the molecule is CNC(Cc1ccccc1)C(=O)NN1CCOCC1. The number of nitrogens with zero attached hydrogens (tertiary/aromatic N) is 1. The molecule has 1 amide bonds. The molecule has 1 saturated heterocycles. The summed E-state index contributed by atoms with van der Waals surface area (Å²) in [4.78, 5) is 12.2. The summed E-state index contributed by atoms with van der Waals surface area (Å²) in [6, 6.07) is 9.80. The lowest BCUT2D eigenvalue weighted by Gasteiger charge is -2.28. The largest absolute Gasteiger partial charge is 0.379 e. The molecular formula is C14H21N3O2. The van der Waals surface area contributed by atoms with Crippen molar-refractivity contribution < 1.29 is 9.53 Å². The van der Waals surface area contributed by atoms with E-state index in [4.69, 9.17) is 4.74 Å². The summed E-state index contributed by atoms with van der Waals surface area (Å²) in [5.74, 6) is 0.00764. The fourth-order valence-corrected chi connectivity index (χ4v) is 2.08. The smallest absolute Gasteiger partial charge is 0.251 e. The van der Waals surface area contributed by atoms with Gasteiger partial charge >= 0.3 is 0 Å². The van der Waals surface area contributed by atoms with Crippen molar-refractivity contribution >= 4 is 5.91 Å². The van der Waals surface area contributed by atoms with Gasteiger partial charge in [0.2, 0.25) is 0 Å². The maximum Gasteiger partial charge on any atom is 0.251 e. The van der Waals surface area contributed by atoms with Gasteiger partial charge in [0.1, 0.15) is 0 Å². The van der Waals surface area contributed by atoms with Gasteiger partial charge in [-0.15, -0.1) is 0 Å². The van der Waals surface area contributed by atoms with Crippen molar-refractivity contribution in [1.82, 2.24) is 15.8 Å². The standard InChI is InChI=1S/C14H21N3O2/c1-15-13(11-12-5-3-2-4-6-12)14(18)16-17-7-9-19-10-8-17/h2-6,13,15H,7-11H2,1H3,(H,16,18). The maximum absolute atomic E-state index is 12.2. The molecule has 5 nitrogen and oxygen atoms in total.